The quantitative estimate of drug-likeness (QED) is 0.841. The van der Waals surface area contributed by atoms with Gasteiger partial charge in [0, 0.05) is 5.39 Å². The van der Waals surface area contributed by atoms with Crippen LogP contribution in [0.3, 0.4) is 0 Å². The Kier molecular flexibility index (Phi) is 2.70. The first-order valence-electron chi connectivity index (χ1n) is 4.46. The van der Waals surface area contributed by atoms with Gasteiger partial charge in [-0.25, -0.2) is 9.35 Å². The van der Waals surface area contributed by atoms with Gasteiger partial charge in [-0.15, -0.1) is 0 Å². The number of methoxy groups -OCH3 is 1. The van der Waals surface area contributed by atoms with Crippen molar-refractivity contribution in [2.45, 2.75) is 4.90 Å². The fourth-order valence-electron chi connectivity index (χ4n) is 1.59. The maximum atomic E-state index is 11.4. The number of rotatable bonds is 2. The van der Waals surface area contributed by atoms with E-state index in [2.05, 4.69) is 0 Å². The highest BCUT2D eigenvalue weighted by molar-refractivity contribution is 7.83. The molecule has 0 unspecified atom stereocenters. The third-order valence-corrected chi connectivity index (χ3v) is 3.09. The van der Waals surface area contributed by atoms with E-state index in [1.807, 2.05) is 30.3 Å². The molecule has 0 heterocycles. The first-order valence-corrected chi connectivity index (χ1v) is 5.67. The zero-order valence-electron chi connectivity index (χ0n) is 8.27. The largest absolute Gasteiger partial charge is 0.495 e. The molecular formula is C11H11NO2S. The van der Waals surface area contributed by atoms with Crippen LogP contribution in [0.2, 0.25) is 0 Å². The predicted molar refractivity (Wildman–Crippen MR) is 61.1 cm³/mol. The van der Waals surface area contributed by atoms with Gasteiger partial charge in [-0.3, -0.25) is 0 Å². The van der Waals surface area contributed by atoms with Crippen molar-refractivity contribution in [3.8, 4) is 5.75 Å². The number of ether oxygens (including phenoxy) is 1. The van der Waals surface area contributed by atoms with E-state index in [9.17, 15) is 4.21 Å². The van der Waals surface area contributed by atoms with Crippen molar-refractivity contribution in [2.75, 3.05) is 7.11 Å². The average Bonchev–Trinajstić information content (AvgIpc) is 2.27. The lowest BCUT2D eigenvalue weighted by atomic mass is 10.1. The third kappa shape index (κ3) is 1.73. The topological polar surface area (TPSA) is 52.3 Å². The van der Waals surface area contributed by atoms with Gasteiger partial charge in [0.1, 0.15) is 21.6 Å². The Morgan fingerprint density at radius 1 is 1.20 bits per heavy atom. The molecule has 2 rings (SSSR count). The minimum Gasteiger partial charge on any atom is -0.495 e. The molecule has 0 amide bonds. The molecular weight excluding hydrogens is 210 g/mol. The molecule has 0 aliphatic rings. The van der Waals surface area contributed by atoms with Gasteiger partial charge < -0.3 is 4.74 Å². The highest BCUT2D eigenvalue weighted by Crippen LogP contribution is 2.29. The van der Waals surface area contributed by atoms with Crippen molar-refractivity contribution in [1.29, 1.82) is 0 Å². The highest BCUT2D eigenvalue weighted by atomic mass is 32.2. The van der Waals surface area contributed by atoms with E-state index in [4.69, 9.17) is 9.88 Å². The number of hydrogen-bond donors (Lipinski definition) is 1. The van der Waals surface area contributed by atoms with Crippen LogP contribution in [0.4, 0.5) is 0 Å². The van der Waals surface area contributed by atoms with Gasteiger partial charge in [-0.2, -0.15) is 0 Å². The number of nitrogens with two attached hydrogens (primary N) is 1. The van der Waals surface area contributed by atoms with Gasteiger partial charge in [-0.05, 0) is 11.5 Å². The summed E-state index contributed by atoms with van der Waals surface area (Å²) in [6, 6.07) is 11.4. The van der Waals surface area contributed by atoms with Crippen molar-refractivity contribution in [3.05, 3.63) is 36.4 Å². The maximum absolute atomic E-state index is 11.4. The molecule has 0 saturated heterocycles. The molecule has 78 valence electrons. The fraction of sp³-hybridized carbons (Fsp3) is 0.0909. The minimum atomic E-state index is -1.54. The molecule has 0 saturated carbocycles. The summed E-state index contributed by atoms with van der Waals surface area (Å²) in [6.45, 7) is 0. The second kappa shape index (κ2) is 4.00. The van der Waals surface area contributed by atoms with Crippen LogP contribution < -0.4 is 9.88 Å². The molecule has 0 radical (unpaired) electrons. The van der Waals surface area contributed by atoms with Crippen molar-refractivity contribution >= 4 is 21.8 Å². The lowest BCUT2D eigenvalue weighted by molar-refractivity contribution is 0.405. The smallest absolute Gasteiger partial charge is 0.136 e. The molecule has 2 aromatic carbocycles. The lowest BCUT2D eigenvalue weighted by Gasteiger charge is -2.08. The molecule has 0 aromatic heterocycles. The van der Waals surface area contributed by atoms with Gasteiger partial charge in [0.05, 0.1) is 7.11 Å². The van der Waals surface area contributed by atoms with E-state index >= 15 is 0 Å². The summed E-state index contributed by atoms with van der Waals surface area (Å²) in [4.78, 5) is 0.551. The van der Waals surface area contributed by atoms with Crippen LogP contribution >= 0.6 is 0 Å². The van der Waals surface area contributed by atoms with Gasteiger partial charge in [0.15, 0.2) is 0 Å². The Labute approximate surface area is 90.4 Å². The average molecular weight is 221 g/mol. The van der Waals surface area contributed by atoms with Crippen molar-refractivity contribution in [3.63, 3.8) is 0 Å². The molecule has 0 aliphatic heterocycles. The van der Waals surface area contributed by atoms with E-state index in [-0.39, 0.29) is 0 Å². The second-order valence-corrected chi connectivity index (χ2v) is 4.12. The van der Waals surface area contributed by atoms with Gasteiger partial charge >= 0.3 is 0 Å². The number of hydrogen-bond acceptors (Lipinski definition) is 2. The molecule has 2 aromatic rings. The first kappa shape index (κ1) is 10.1. The van der Waals surface area contributed by atoms with E-state index < -0.39 is 11.0 Å². The van der Waals surface area contributed by atoms with E-state index in [0.717, 1.165) is 10.8 Å². The Hall–Kier alpha value is -1.39. The first-order chi connectivity index (χ1) is 7.24. The summed E-state index contributed by atoms with van der Waals surface area (Å²) in [7, 11) is 0.00218. The number of fused-ring (bicyclic) bond motifs is 1. The summed E-state index contributed by atoms with van der Waals surface area (Å²) in [5, 5.41) is 7.33. The Bertz CT molecular complexity index is 525. The van der Waals surface area contributed by atoms with Crippen LogP contribution in [0.1, 0.15) is 0 Å². The third-order valence-electron chi connectivity index (χ3n) is 2.26. The highest BCUT2D eigenvalue weighted by Gasteiger charge is 2.11. The second-order valence-electron chi connectivity index (χ2n) is 3.12. The van der Waals surface area contributed by atoms with Crippen LogP contribution in [0.15, 0.2) is 41.3 Å². The molecule has 1 atom stereocenters. The molecule has 4 heteroatoms. The zero-order valence-corrected chi connectivity index (χ0v) is 9.08. The Balaban J connectivity index is 2.85. The summed E-state index contributed by atoms with van der Waals surface area (Å²) < 4.78 is 16.6. The molecule has 0 fully saturated rings. The van der Waals surface area contributed by atoms with E-state index in [1.165, 1.54) is 0 Å². The summed E-state index contributed by atoms with van der Waals surface area (Å²) in [5.41, 5.74) is 0. The Morgan fingerprint density at radius 2 is 1.93 bits per heavy atom. The number of benzene rings is 2. The Morgan fingerprint density at radius 3 is 2.60 bits per heavy atom. The zero-order chi connectivity index (χ0) is 10.8. The van der Waals surface area contributed by atoms with Crippen LogP contribution in [-0.4, -0.2) is 11.3 Å². The van der Waals surface area contributed by atoms with E-state index in [0.29, 0.717) is 10.6 Å². The molecule has 0 bridgehead atoms. The standard InChI is InChI=1S/C11H11NO2S/c1-14-10-7-6-8-4-2-3-5-9(8)11(10)15(12)13/h2-7H,12H2,1H3/t15-/m0/s1. The van der Waals surface area contributed by atoms with E-state index in [1.54, 1.807) is 13.2 Å². The normalized spacial score (nSPS) is 12.7. The van der Waals surface area contributed by atoms with Crippen molar-refractivity contribution < 1.29 is 8.95 Å². The SMILES string of the molecule is COc1ccc2ccccc2c1[S@@](N)=O. The molecule has 3 nitrogen and oxygen atoms in total. The van der Waals surface area contributed by atoms with Crippen LogP contribution in [-0.2, 0) is 11.0 Å². The summed E-state index contributed by atoms with van der Waals surface area (Å²) in [5.74, 6) is 0.564. The monoisotopic (exact) mass is 221 g/mol. The van der Waals surface area contributed by atoms with Crippen molar-refractivity contribution in [2.24, 2.45) is 5.14 Å². The molecule has 2 N–H and O–H groups in total. The van der Waals surface area contributed by atoms with Crippen LogP contribution in [0, 0.1) is 0 Å². The molecule has 0 aliphatic carbocycles. The predicted octanol–water partition coefficient (Wildman–Crippen LogP) is 1.83. The van der Waals surface area contributed by atoms with Gasteiger partial charge in [-0.1, -0.05) is 30.3 Å². The van der Waals surface area contributed by atoms with Crippen LogP contribution in [0.5, 0.6) is 5.75 Å². The van der Waals surface area contributed by atoms with Gasteiger partial charge in [0.25, 0.3) is 0 Å². The van der Waals surface area contributed by atoms with Crippen molar-refractivity contribution in [1.82, 2.24) is 0 Å². The summed E-state index contributed by atoms with van der Waals surface area (Å²) in [6.07, 6.45) is 0. The fourth-order valence-corrected chi connectivity index (χ4v) is 2.34. The molecule has 0 spiro atoms. The lowest BCUT2D eigenvalue weighted by Crippen LogP contribution is -2.05. The summed E-state index contributed by atoms with van der Waals surface area (Å²) >= 11 is 0. The van der Waals surface area contributed by atoms with Crippen LogP contribution in [0.25, 0.3) is 10.8 Å². The minimum absolute atomic E-state index is 0.551. The maximum Gasteiger partial charge on any atom is 0.136 e. The molecule has 15 heavy (non-hydrogen) atoms. The van der Waals surface area contributed by atoms with Gasteiger partial charge in [0.2, 0.25) is 0 Å².